The number of aliphatic imine (C=N–C) groups is 1. The van der Waals surface area contributed by atoms with Gasteiger partial charge in [0.2, 0.25) is 6.08 Å². The van der Waals surface area contributed by atoms with Crippen LogP contribution in [0.2, 0.25) is 0 Å². The van der Waals surface area contributed by atoms with Crippen LogP contribution in [0.25, 0.3) is 0 Å². The van der Waals surface area contributed by atoms with Crippen molar-refractivity contribution in [2.24, 2.45) is 4.99 Å². The number of nitrogens with zero attached hydrogens (tertiary/aromatic N) is 1. The van der Waals surface area contributed by atoms with E-state index in [2.05, 4.69) is 4.99 Å². The summed E-state index contributed by atoms with van der Waals surface area (Å²) in [7, 11) is -3.04. The van der Waals surface area contributed by atoms with Crippen LogP contribution in [0.1, 0.15) is 44.9 Å². The number of hydrogen-bond donors (Lipinski definition) is 0. The third-order valence-corrected chi connectivity index (χ3v) is 6.31. The molecular formula is C11H17NO3S. The van der Waals surface area contributed by atoms with Crippen LogP contribution in [-0.4, -0.2) is 31.0 Å². The van der Waals surface area contributed by atoms with Gasteiger partial charge in [-0.1, -0.05) is 19.3 Å². The normalized spacial score (nSPS) is 31.9. The van der Waals surface area contributed by atoms with Gasteiger partial charge in [-0.15, -0.1) is 0 Å². The molecule has 1 aliphatic heterocycles. The van der Waals surface area contributed by atoms with E-state index in [4.69, 9.17) is 0 Å². The maximum Gasteiger partial charge on any atom is 0.235 e. The number of rotatable bonds is 2. The smallest absolute Gasteiger partial charge is 0.228 e. The maximum absolute atomic E-state index is 12.0. The Hall–Kier alpha value is -0.670. The fourth-order valence-electron chi connectivity index (χ4n) is 3.16. The maximum atomic E-state index is 12.0. The second-order valence-electron chi connectivity index (χ2n) is 4.87. The lowest BCUT2D eigenvalue weighted by atomic mass is 9.78. The van der Waals surface area contributed by atoms with Crippen LogP contribution in [-0.2, 0) is 14.6 Å². The third-order valence-electron chi connectivity index (χ3n) is 3.92. The Morgan fingerprint density at radius 3 is 2.31 bits per heavy atom. The molecule has 5 heteroatoms. The summed E-state index contributed by atoms with van der Waals surface area (Å²) in [6, 6.07) is 0. The highest BCUT2D eigenvalue weighted by Crippen LogP contribution is 2.41. The van der Waals surface area contributed by atoms with Gasteiger partial charge in [0.15, 0.2) is 9.84 Å². The van der Waals surface area contributed by atoms with Gasteiger partial charge >= 0.3 is 0 Å². The van der Waals surface area contributed by atoms with Crippen molar-refractivity contribution in [3.63, 3.8) is 0 Å². The second kappa shape index (κ2) is 4.30. The highest BCUT2D eigenvalue weighted by atomic mass is 32.2. The summed E-state index contributed by atoms with van der Waals surface area (Å²) in [5, 5.41) is -0.429. The first-order valence-corrected chi connectivity index (χ1v) is 7.63. The molecule has 1 heterocycles. The lowest BCUT2D eigenvalue weighted by Gasteiger charge is -2.36. The molecule has 0 unspecified atom stereocenters. The van der Waals surface area contributed by atoms with E-state index in [0.29, 0.717) is 12.8 Å². The number of sulfone groups is 1. The predicted molar refractivity (Wildman–Crippen MR) is 60.7 cm³/mol. The van der Waals surface area contributed by atoms with Crippen LogP contribution in [0.4, 0.5) is 0 Å². The fraction of sp³-hybridized carbons (Fsp3) is 0.909. The van der Waals surface area contributed by atoms with E-state index in [1.165, 1.54) is 0 Å². The second-order valence-corrected chi connectivity index (χ2v) is 7.17. The van der Waals surface area contributed by atoms with Crippen LogP contribution < -0.4 is 0 Å². The third kappa shape index (κ3) is 1.94. The molecule has 1 saturated carbocycles. The van der Waals surface area contributed by atoms with E-state index >= 15 is 0 Å². The molecule has 0 aromatic rings. The lowest BCUT2D eigenvalue weighted by Crippen LogP contribution is -2.44. The Labute approximate surface area is 96.1 Å². The largest absolute Gasteiger partial charge is 0.235 e. The fourth-order valence-corrected chi connectivity index (χ4v) is 5.49. The van der Waals surface area contributed by atoms with Crippen molar-refractivity contribution < 1.29 is 13.2 Å². The van der Waals surface area contributed by atoms with Gasteiger partial charge in [-0.25, -0.2) is 13.2 Å². The molecule has 0 spiro atoms. The number of isocyanates is 1. The zero-order valence-electron chi connectivity index (χ0n) is 9.31. The van der Waals surface area contributed by atoms with E-state index in [-0.39, 0.29) is 5.75 Å². The van der Waals surface area contributed by atoms with Crippen molar-refractivity contribution in [1.29, 1.82) is 0 Å². The van der Waals surface area contributed by atoms with Gasteiger partial charge in [-0.2, -0.15) is 4.99 Å². The first kappa shape index (κ1) is 11.8. The summed E-state index contributed by atoms with van der Waals surface area (Å²) in [4.78, 5) is 14.5. The summed E-state index contributed by atoms with van der Waals surface area (Å²) in [6.07, 6.45) is 7.48. The monoisotopic (exact) mass is 243 g/mol. The first-order chi connectivity index (χ1) is 7.61. The van der Waals surface area contributed by atoms with Crippen LogP contribution in [0, 0.1) is 0 Å². The van der Waals surface area contributed by atoms with Crippen molar-refractivity contribution in [2.45, 2.75) is 55.7 Å². The van der Waals surface area contributed by atoms with Crippen molar-refractivity contribution in [3.8, 4) is 0 Å². The van der Waals surface area contributed by atoms with Gasteiger partial charge in [0.25, 0.3) is 0 Å². The highest BCUT2D eigenvalue weighted by molar-refractivity contribution is 7.92. The minimum Gasteiger partial charge on any atom is -0.228 e. The van der Waals surface area contributed by atoms with Crippen LogP contribution in [0.5, 0.6) is 0 Å². The molecule has 0 amide bonds. The van der Waals surface area contributed by atoms with Crippen LogP contribution >= 0.6 is 0 Å². The van der Waals surface area contributed by atoms with Gasteiger partial charge in [0.05, 0.1) is 16.5 Å². The topological polar surface area (TPSA) is 63.6 Å². The minimum absolute atomic E-state index is 0.258. The van der Waals surface area contributed by atoms with E-state index in [9.17, 15) is 13.2 Å². The zero-order chi connectivity index (χ0) is 11.6. The summed E-state index contributed by atoms with van der Waals surface area (Å²) in [5.41, 5.74) is -0.644. The van der Waals surface area contributed by atoms with E-state index in [1.807, 2.05) is 0 Å². The van der Waals surface area contributed by atoms with Crippen molar-refractivity contribution in [3.05, 3.63) is 0 Å². The molecule has 2 fully saturated rings. The minimum atomic E-state index is -3.04. The van der Waals surface area contributed by atoms with Crippen LogP contribution in [0.3, 0.4) is 0 Å². The van der Waals surface area contributed by atoms with Crippen LogP contribution in [0.15, 0.2) is 4.99 Å². The first-order valence-electron chi connectivity index (χ1n) is 5.91. The Kier molecular flexibility index (Phi) is 3.17. The molecule has 0 bridgehead atoms. The summed E-state index contributed by atoms with van der Waals surface area (Å²) in [6.45, 7) is 0. The average Bonchev–Trinajstić information content (AvgIpc) is 2.60. The standard InChI is InChI=1S/C11H17NO3S/c13-9-12-11(6-2-1-3-7-11)10-5-4-8-16(10,14)15/h10H,1-8H2/t10-/m0/s1. The average molecular weight is 243 g/mol. The molecule has 0 N–H and O–H groups in total. The molecule has 0 aromatic carbocycles. The summed E-state index contributed by atoms with van der Waals surface area (Å²) in [5.74, 6) is 0.258. The molecule has 2 rings (SSSR count). The molecule has 1 saturated heterocycles. The summed E-state index contributed by atoms with van der Waals surface area (Å²) < 4.78 is 23.9. The highest BCUT2D eigenvalue weighted by Gasteiger charge is 2.49. The van der Waals surface area contributed by atoms with Gasteiger partial charge < -0.3 is 0 Å². The lowest BCUT2D eigenvalue weighted by molar-refractivity contribution is 0.281. The van der Waals surface area contributed by atoms with E-state index in [1.54, 1.807) is 6.08 Å². The Balaban J connectivity index is 2.35. The quantitative estimate of drug-likeness (QED) is 0.546. The Morgan fingerprint density at radius 1 is 1.12 bits per heavy atom. The molecule has 1 atom stereocenters. The molecule has 90 valence electrons. The predicted octanol–water partition coefficient (Wildman–Crippen LogP) is 1.60. The van der Waals surface area contributed by atoms with Gasteiger partial charge in [0, 0.05) is 0 Å². The van der Waals surface area contributed by atoms with Crippen molar-refractivity contribution in [2.75, 3.05) is 5.75 Å². The van der Waals surface area contributed by atoms with Gasteiger partial charge in [-0.05, 0) is 25.7 Å². The number of hydrogen-bond acceptors (Lipinski definition) is 4. The Bertz CT molecular complexity index is 403. The molecule has 0 radical (unpaired) electrons. The molecule has 4 nitrogen and oxygen atoms in total. The van der Waals surface area contributed by atoms with E-state index in [0.717, 1.165) is 32.1 Å². The SMILES string of the molecule is O=C=NC1([C@@H]2CCCS2(=O)=O)CCCCC1. The van der Waals surface area contributed by atoms with Crippen molar-refractivity contribution >= 4 is 15.9 Å². The van der Waals surface area contributed by atoms with E-state index < -0.39 is 20.6 Å². The van der Waals surface area contributed by atoms with Crippen molar-refractivity contribution in [1.82, 2.24) is 0 Å². The van der Waals surface area contributed by atoms with Gasteiger partial charge in [0.1, 0.15) is 0 Å². The molecule has 16 heavy (non-hydrogen) atoms. The Morgan fingerprint density at radius 2 is 1.81 bits per heavy atom. The molecule has 2 aliphatic rings. The number of carbonyl (C=O) groups excluding carboxylic acids is 1. The van der Waals surface area contributed by atoms with Gasteiger partial charge in [-0.3, -0.25) is 0 Å². The zero-order valence-corrected chi connectivity index (χ0v) is 10.1. The molecular weight excluding hydrogens is 226 g/mol. The summed E-state index contributed by atoms with van der Waals surface area (Å²) >= 11 is 0. The molecule has 0 aromatic heterocycles. The molecule has 1 aliphatic carbocycles.